The summed E-state index contributed by atoms with van der Waals surface area (Å²) in [6, 6.07) is 17.1. The van der Waals surface area contributed by atoms with Gasteiger partial charge in [-0.3, -0.25) is 0 Å². The molecule has 0 amide bonds. The predicted molar refractivity (Wildman–Crippen MR) is 107 cm³/mol. The fourth-order valence-corrected chi connectivity index (χ4v) is 3.58. The van der Waals surface area contributed by atoms with Crippen LogP contribution in [-0.4, -0.2) is 9.97 Å². The molecule has 0 saturated heterocycles. The van der Waals surface area contributed by atoms with E-state index in [1.165, 1.54) is 24.0 Å². The molecule has 0 fully saturated rings. The molecule has 3 rings (SSSR count). The van der Waals surface area contributed by atoms with Crippen LogP contribution < -0.4 is 5.32 Å². The summed E-state index contributed by atoms with van der Waals surface area (Å²) in [5.74, 6) is 1.43. The molecule has 0 aliphatic heterocycles. The molecule has 0 bridgehead atoms. The van der Waals surface area contributed by atoms with E-state index >= 15 is 0 Å². The lowest BCUT2D eigenvalue weighted by atomic mass is 9.72. The van der Waals surface area contributed by atoms with Crippen LogP contribution in [0.4, 0.5) is 5.95 Å². The van der Waals surface area contributed by atoms with E-state index in [4.69, 9.17) is 0 Å². The van der Waals surface area contributed by atoms with Crippen molar-refractivity contribution in [2.24, 2.45) is 5.41 Å². The van der Waals surface area contributed by atoms with Crippen molar-refractivity contribution in [1.82, 2.24) is 9.97 Å². The summed E-state index contributed by atoms with van der Waals surface area (Å²) in [5.41, 5.74) is 5.11. The Labute approximate surface area is 150 Å². The first-order chi connectivity index (χ1) is 12.0. The van der Waals surface area contributed by atoms with Crippen molar-refractivity contribution in [3.8, 4) is 0 Å². The summed E-state index contributed by atoms with van der Waals surface area (Å²) in [5, 5.41) is 3.39. The van der Waals surface area contributed by atoms with Crippen LogP contribution in [0.1, 0.15) is 57.6 Å². The van der Waals surface area contributed by atoms with Crippen molar-refractivity contribution in [2.45, 2.75) is 53.0 Å². The number of nitrogens with zero attached hydrogens (tertiary/aromatic N) is 1. The van der Waals surface area contributed by atoms with Crippen LogP contribution in [0.15, 0.2) is 48.5 Å². The molecule has 1 aromatic heterocycles. The fourth-order valence-electron chi connectivity index (χ4n) is 3.58. The number of anilines is 1. The second-order valence-corrected chi connectivity index (χ2v) is 7.50. The minimum atomic E-state index is 0.336. The van der Waals surface area contributed by atoms with E-state index in [1.807, 2.05) is 24.3 Å². The maximum Gasteiger partial charge on any atom is 0.201 e. The molecular formula is C22H29N3. The molecule has 2 N–H and O–H groups in total. The lowest BCUT2D eigenvalue weighted by Crippen LogP contribution is -2.20. The van der Waals surface area contributed by atoms with Crippen LogP contribution in [0.3, 0.4) is 0 Å². The van der Waals surface area contributed by atoms with Crippen molar-refractivity contribution in [3.05, 3.63) is 59.7 Å². The molecule has 2 aromatic carbocycles. The molecule has 1 heterocycles. The van der Waals surface area contributed by atoms with Crippen molar-refractivity contribution in [3.63, 3.8) is 0 Å². The number of hydrogen-bond donors (Lipinski definition) is 2. The SMILES string of the molecule is CCC(c1ccc(CNc2nc3ccccc3[nH]2)cc1)C(C)(C)CC. The van der Waals surface area contributed by atoms with Crippen LogP contribution >= 0.6 is 0 Å². The molecule has 1 unspecified atom stereocenters. The third kappa shape index (κ3) is 3.87. The number of rotatable bonds is 7. The number of aromatic nitrogens is 2. The average molecular weight is 335 g/mol. The van der Waals surface area contributed by atoms with Gasteiger partial charge in [-0.1, -0.05) is 70.5 Å². The van der Waals surface area contributed by atoms with Crippen LogP contribution in [0.25, 0.3) is 11.0 Å². The highest BCUT2D eigenvalue weighted by Gasteiger charge is 2.27. The van der Waals surface area contributed by atoms with Gasteiger partial charge in [0.25, 0.3) is 0 Å². The molecule has 132 valence electrons. The molecule has 1 atom stereocenters. The zero-order valence-electron chi connectivity index (χ0n) is 15.8. The molecule has 3 nitrogen and oxygen atoms in total. The van der Waals surface area contributed by atoms with E-state index in [0.29, 0.717) is 11.3 Å². The van der Waals surface area contributed by atoms with Crippen LogP contribution in [0.2, 0.25) is 0 Å². The zero-order valence-corrected chi connectivity index (χ0v) is 15.8. The maximum atomic E-state index is 4.56. The summed E-state index contributed by atoms with van der Waals surface area (Å²) in [6.45, 7) is 10.1. The number of H-pyrrole nitrogens is 1. The monoisotopic (exact) mass is 335 g/mol. The van der Waals surface area contributed by atoms with Gasteiger partial charge in [-0.2, -0.15) is 0 Å². The first-order valence-corrected chi connectivity index (χ1v) is 9.31. The lowest BCUT2D eigenvalue weighted by Gasteiger charge is -2.33. The molecule has 0 aliphatic carbocycles. The highest BCUT2D eigenvalue weighted by atomic mass is 15.1. The Balaban J connectivity index is 1.68. The van der Waals surface area contributed by atoms with Gasteiger partial charge in [-0.15, -0.1) is 0 Å². The Morgan fingerprint density at radius 2 is 1.76 bits per heavy atom. The number of benzene rings is 2. The Kier molecular flexibility index (Phi) is 5.12. The van der Waals surface area contributed by atoms with Crippen molar-refractivity contribution in [2.75, 3.05) is 5.32 Å². The number of hydrogen-bond acceptors (Lipinski definition) is 2. The smallest absolute Gasteiger partial charge is 0.201 e. The van der Waals surface area contributed by atoms with Crippen molar-refractivity contribution in [1.29, 1.82) is 0 Å². The average Bonchev–Trinajstić information content (AvgIpc) is 3.04. The van der Waals surface area contributed by atoms with E-state index in [2.05, 4.69) is 67.2 Å². The molecule has 25 heavy (non-hydrogen) atoms. The summed E-state index contributed by atoms with van der Waals surface area (Å²) in [4.78, 5) is 7.87. The second kappa shape index (κ2) is 7.30. The van der Waals surface area contributed by atoms with Gasteiger partial charge in [0.2, 0.25) is 5.95 Å². The largest absolute Gasteiger partial charge is 0.352 e. The summed E-state index contributed by atoms with van der Waals surface area (Å²) in [6.07, 6.45) is 2.37. The fraction of sp³-hybridized carbons (Fsp3) is 0.409. The third-order valence-corrected chi connectivity index (χ3v) is 5.49. The summed E-state index contributed by atoms with van der Waals surface area (Å²) < 4.78 is 0. The van der Waals surface area contributed by atoms with E-state index in [9.17, 15) is 0 Å². The van der Waals surface area contributed by atoms with Gasteiger partial charge in [-0.05, 0) is 41.0 Å². The van der Waals surface area contributed by atoms with Crippen LogP contribution in [0.5, 0.6) is 0 Å². The Morgan fingerprint density at radius 3 is 2.40 bits per heavy atom. The van der Waals surface area contributed by atoms with Gasteiger partial charge in [0.05, 0.1) is 11.0 Å². The van der Waals surface area contributed by atoms with Gasteiger partial charge in [0, 0.05) is 6.54 Å². The number of aromatic amines is 1. The van der Waals surface area contributed by atoms with Crippen molar-refractivity contribution >= 4 is 17.0 Å². The lowest BCUT2D eigenvalue weighted by molar-refractivity contribution is 0.267. The molecular weight excluding hydrogens is 306 g/mol. The minimum absolute atomic E-state index is 0.336. The van der Waals surface area contributed by atoms with Crippen LogP contribution in [-0.2, 0) is 6.54 Å². The highest BCUT2D eigenvalue weighted by Crippen LogP contribution is 2.40. The Morgan fingerprint density at radius 1 is 1.04 bits per heavy atom. The van der Waals surface area contributed by atoms with E-state index in [-0.39, 0.29) is 0 Å². The molecule has 0 aliphatic rings. The standard InChI is InChI=1S/C22H29N3/c1-5-18(22(3,4)6-2)17-13-11-16(12-14-17)15-23-21-24-19-9-7-8-10-20(19)25-21/h7-14,18H,5-6,15H2,1-4H3,(H2,23,24,25). The summed E-state index contributed by atoms with van der Waals surface area (Å²) in [7, 11) is 0. The van der Waals surface area contributed by atoms with Gasteiger partial charge in [-0.25, -0.2) is 4.98 Å². The minimum Gasteiger partial charge on any atom is -0.352 e. The van der Waals surface area contributed by atoms with Gasteiger partial charge in [0.1, 0.15) is 0 Å². The molecule has 3 aromatic rings. The van der Waals surface area contributed by atoms with Gasteiger partial charge >= 0.3 is 0 Å². The van der Waals surface area contributed by atoms with Gasteiger partial charge in [0.15, 0.2) is 0 Å². The first kappa shape index (κ1) is 17.5. The number of fused-ring (bicyclic) bond motifs is 1. The normalized spacial score (nSPS) is 13.1. The summed E-state index contributed by atoms with van der Waals surface area (Å²) >= 11 is 0. The predicted octanol–water partition coefficient (Wildman–Crippen LogP) is 6.10. The van der Waals surface area contributed by atoms with Crippen molar-refractivity contribution < 1.29 is 0 Å². The molecule has 3 heteroatoms. The first-order valence-electron chi connectivity index (χ1n) is 9.31. The maximum absolute atomic E-state index is 4.56. The van der Waals surface area contributed by atoms with E-state index in [1.54, 1.807) is 0 Å². The third-order valence-electron chi connectivity index (χ3n) is 5.49. The number of nitrogens with one attached hydrogen (secondary N) is 2. The van der Waals surface area contributed by atoms with Crippen LogP contribution in [0, 0.1) is 5.41 Å². The zero-order chi connectivity index (χ0) is 17.9. The molecule has 0 spiro atoms. The second-order valence-electron chi connectivity index (χ2n) is 7.50. The Hall–Kier alpha value is -2.29. The number of para-hydroxylation sites is 2. The van der Waals surface area contributed by atoms with E-state index < -0.39 is 0 Å². The van der Waals surface area contributed by atoms with E-state index in [0.717, 1.165) is 23.5 Å². The molecule has 0 radical (unpaired) electrons. The topological polar surface area (TPSA) is 40.7 Å². The molecule has 0 saturated carbocycles. The van der Waals surface area contributed by atoms with Gasteiger partial charge < -0.3 is 10.3 Å². The quantitative estimate of drug-likeness (QED) is 0.547. The Bertz CT molecular complexity index is 782. The highest BCUT2D eigenvalue weighted by molar-refractivity contribution is 5.77. The number of imidazole rings is 1.